The van der Waals surface area contributed by atoms with E-state index in [0.717, 1.165) is 6.42 Å². The Morgan fingerprint density at radius 3 is 2.77 bits per heavy atom. The summed E-state index contributed by atoms with van der Waals surface area (Å²) in [4.78, 5) is 10.8. The second-order valence-corrected chi connectivity index (χ2v) is 2.84. The van der Waals surface area contributed by atoms with E-state index in [2.05, 4.69) is 15.5 Å². The zero-order chi connectivity index (χ0) is 9.84. The summed E-state index contributed by atoms with van der Waals surface area (Å²) in [6.07, 6.45) is 1.35. The van der Waals surface area contributed by atoms with Crippen molar-refractivity contribution in [3.8, 4) is 0 Å². The van der Waals surface area contributed by atoms with E-state index in [4.69, 9.17) is 5.11 Å². The number of tetrazole rings is 1. The number of hydrogen-bond acceptors (Lipinski definition) is 4. The molecule has 0 amide bonds. The summed E-state index contributed by atoms with van der Waals surface area (Å²) in [6, 6.07) is 0. The molecule has 1 N–H and O–H groups in total. The minimum absolute atomic E-state index is 0.411. The average molecular weight is 184 g/mol. The summed E-state index contributed by atoms with van der Waals surface area (Å²) in [5, 5.41) is 19.6. The molecule has 1 unspecified atom stereocenters. The third kappa shape index (κ3) is 2.01. The molecule has 1 heterocycles. The summed E-state index contributed by atoms with van der Waals surface area (Å²) in [6.45, 7) is 1.93. The van der Waals surface area contributed by atoms with Gasteiger partial charge in [0, 0.05) is 7.05 Å². The van der Waals surface area contributed by atoms with E-state index in [1.165, 1.54) is 4.68 Å². The number of nitrogens with zero attached hydrogens (tertiary/aromatic N) is 4. The van der Waals surface area contributed by atoms with Gasteiger partial charge < -0.3 is 5.11 Å². The second-order valence-electron chi connectivity index (χ2n) is 2.84. The van der Waals surface area contributed by atoms with Gasteiger partial charge in [0.15, 0.2) is 5.82 Å². The number of hydrogen-bond donors (Lipinski definition) is 1. The van der Waals surface area contributed by atoms with Crippen molar-refractivity contribution in [3.05, 3.63) is 5.82 Å². The van der Waals surface area contributed by atoms with Gasteiger partial charge in [0.2, 0.25) is 0 Å². The minimum atomic E-state index is -0.875. The highest BCUT2D eigenvalue weighted by Crippen LogP contribution is 2.17. The van der Waals surface area contributed by atoms with Gasteiger partial charge in [-0.1, -0.05) is 13.3 Å². The van der Waals surface area contributed by atoms with Crippen LogP contribution in [-0.4, -0.2) is 31.3 Å². The van der Waals surface area contributed by atoms with E-state index in [0.29, 0.717) is 12.2 Å². The Labute approximate surface area is 75.6 Å². The molecule has 0 saturated carbocycles. The van der Waals surface area contributed by atoms with Crippen molar-refractivity contribution in [3.63, 3.8) is 0 Å². The van der Waals surface area contributed by atoms with Crippen molar-refractivity contribution in [2.75, 3.05) is 0 Å². The first-order valence-corrected chi connectivity index (χ1v) is 4.11. The molecule has 6 heteroatoms. The smallest absolute Gasteiger partial charge is 0.314 e. The Hall–Kier alpha value is -1.46. The van der Waals surface area contributed by atoms with Crippen molar-refractivity contribution >= 4 is 5.97 Å². The van der Waals surface area contributed by atoms with Crippen molar-refractivity contribution < 1.29 is 9.90 Å². The van der Waals surface area contributed by atoms with Gasteiger partial charge in [0.1, 0.15) is 5.92 Å². The predicted octanol–water partition coefficient (Wildman–Crippen LogP) is 0.178. The van der Waals surface area contributed by atoms with Crippen LogP contribution >= 0.6 is 0 Å². The van der Waals surface area contributed by atoms with Crippen molar-refractivity contribution in [2.24, 2.45) is 7.05 Å². The van der Waals surface area contributed by atoms with E-state index in [-0.39, 0.29) is 0 Å². The first kappa shape index (κ1) is 9.63. The van der Waals surface area contributed by atoms with Gasteiger partial charge in [0.05, 0.1) is 0 Å². The Bertz CT molecular complexity index is 296. The van der Waals surface area contributed by atoms with E-state index >= 15 is 0 Å². The number of carboxylic acids is 1. The molecule has 0 radical (unpaired) electrons. The van der Waals surface area contributed by atoms with Crippen LogP contribution in [0.2, 0.25) is 0 Å². The van der Waals surface area contributed by atoms with E-state index in [1.807, 2.05) is 6.92 Å². The zero-order valence-corrected chi connectivity index (χ0v) is 7.64. The van der Waals surface area contributed by atoms with E-state index in [1.54, 1.807) is 7.05 Å². The number of carboxylic acid groups (broad SMARTS) is 1. The molecule has 0 spiro atoms. The van der Waals surface area contributed by atoms with Crippen LogP contribution in [-0.2, 0) is 11.8 Å². The van der Waals surface area contributed by atoms with Crippen LogP contribution < -0.4 is 0 Å². The van der Waals surface area contributed by atoms with Crippen LogP contribution in [0.1, 0.15) is 31.5 Å². The monoisotopic (exact) mass is 184 g/mol. The topological polar surface area (TPSA) is 80.9 Å². The van der Waals surface area contributed by atoms with Crippen LogP contribution in [0.3, 0.4) is 0 Å². The van der Waals surface area contributed by atoms with Gasteiger partial charge in [-0.25, -0.2) is 4.68 Å². The third-order valence-corrected chi connectivity index (χ3v) is 1.84. The molecule has 1 aromatic rings. The van der Waals surface area contributed by atoms with Crippen LogP contribution in [0.15, 0.2) is 0 Å². The molecule has 1 rings (SSSR count). The number of aliphatic carboxylic acids is 1. The summed E-state index contributed by atoms with van der Waals surface area (Å²) in [7, 11) is 1.64. The first-order valence-electron chi connectivity index (χ1n) is 4.11. The fourth-order valence-corrected chi connectivity index (χ4v) is 1.18. The van der Waals surface area contributed by atoms with Gasteiger partial charge in [0.25, 0.3) is 0 Å². The van der Waals surface area contributed by atoms with Gasteiger partial charge in [-0.3, -0.25) is 4.79 Å². The normalized spacial score (nSPS) is 12.8. The fourth-order valence-electron chi connectivity index (χ4n) is 1.18. The molecule has 0 aliphatic rings. The van der Waals surface area contributed by atoms with Crippen LogP contribution in [0.4, 0.5) is 0 Å². The van der Waals surface area contributed by atoms with Gasteiger partial charge in [-0.2, -0.15) is 0 Å². The van der Waals surface area contributed by atoms with Crippen molar-refractivity contribution in [2.45, 2.75) is 25.7 Å². The van der Waals surface area contributed by atoms with Crippen LogP contribution in [0, 0.1) is 0 Å². The molecule has 0 aliphatic carbocycles. The Morgan fingerprint density at radius 1 is 1.69 bits per heavy atom. The summed E-state index contributed by atoms with van der Waals surface area (Å²) in [5.41, 5.74) is 0. The molecule has 0 aromatic carbocycles. The molecule has 13 heavy (non-hydrogen) atoms. The third-order valence-electron chi connectivity index (χ3n) is 1.84. The van der Waals surface area contributed by atoms with Gasteiger partial charge in [-0.15, -0.1) is 5.10 Å². The molecular weight excluding hydrogens is 172 g/mol. The van der Waals surface area contributed by atoms with Crippen LogP contribution in [0.5, 0.6) is 0 Å². The first-order chi connectivity index (χ1) is 6.16. The predicted molar refractivity (Wildman–Crippen MR) is 44.1 cm³/mol. The highest BCUT2D eigenvalue weighted by atomic mass is 16.4. The van der Waals surface area contributed by atoms with E-state index < -0.39 is 11.9 Å². The fraction of sp³-hybridized carbons (Fsp3) is 0.714. The maximum Gasteiger partial charge on any atom is 0.314 e. The summed E-state index contributed by atoms with van der Waals surface area (Å²) >= 11 is 0. The number of rotatable bonds is 4. The van der Waals surface area contributed by atoms with Crippen molar-refractivity contribution in [1.82, 2.24) is 20.2 Å². The Kier molecular flexibility index (Phi) is 2.94. The quantitative estimate of drug-likeness (QED) is 0.721. The molecule has 6 nitrogen and oxygen atoms in total. The summed E-state index contributed by atoms with van der Waals surface area (Å²) < 4.78 is 1.40. The highest BCUT2D eigenvalue weighted by Gasteiger charge is 2.23. The number of carbonyl (C=O) groups is 1. The minimum Gasteiger partial charge on any atom is -0.481 e. The largest absolute Gasteiger partial charge is 0.481 e. The lowest BCUT2D eigenvalue weighted by molar-refractivity contribution is -0.139. The van der Waals surface area contributed by atoms with Gasteiger partial charge >= 0.3 is 5.97 Å². The molecule has 0 aliphatic heterocycles. The maximum absolute atomic E-state index is 10.8. The molecule has 1 atom stereocenters. The average Bonchev–Trinajstić information content (AvgIpc) is 2.47. The van der Waals surface area contributed by atoms with Crippen molar-refractivity contribution in [1.29, 1.82) is 0 Å². The summed E-state index contributed by atoms with van der Waals surface area (Å²) in [5.74, 6) is -1.06. The second kappa shape index (κ2) is 3.97. The molecule has 1 aromatic heterocycles. The van der Waals surface area contributed by atoms with Gasteiger partial charge in [-0.05, 0) is 16.8 Å². The molecular formula is C7H12N4O2. The lowest BCUT2D eigenvalue weighted by atomic mass is 10.0. The SMILES string of the molecule is CCCC(C(=O)O)c1nnnn1C. The Balaban J connectivity index is 2.88. The standard InChI is InChI=1S/C7H12N4O2/c1-3-4-5(7(12)13)6-8-9-10-11(6)2/h5H,3-4H2,1-2H3,(H,12,13). The maximum atomic E-state index is 10.8. The van der Waals surface area contributed by atoms with Crippen LogP contribution in [0.25, 0.3) is 0 Å². The Morgan fingerprint density at radius 2 is 2.38 bits per heavy atom. The molecule has 0 fully saturated rings. The molecule has 0 saturated heterocycles. The zero-order valence-electron chi connectivity index (χ0n) is 7.64. The van der Waals surface area contributed by atoms with E-state index in [9.17, 15) is 4.79 Å². The highest BCUT2D eigenvalue weighted by molar-refractivity contribution is 5.74. The molecule has 72 valence electrons. The lowest BCUT2D eigenvalue weighted by Gasteiger charge is -2.07. The number of aromatic nitrogens is 4. The molecule has 0 bridgehead atoms. The lowest BCUT2D eigenvalue weighted by Crippen LogP contribution is -2.16. The number of aryl methyl sites for hydroxylation is 1.